The first kappa shape index (κ1) is 35.3. The second-order valence-electron chi connectivity index (χ2n) is 11.7. The summed E-state index contributed by atoms with van der Waals surface area (Å²) in [5.74, 6) is -4.28. The Kier molecular flexibility index (Phi) is 10.4. The number of fused-ring (bicyclic) bond motifs is 1. The van der Waals surface area contributed by atoms with Gasteiger partial charge < -0.3 is 28.4 Å². The molecule has 0 N–H and O–H groups in total. The number of carbonyl (C=O) groups is 5. The van der Waals surface area contributed by atoms with Gasteiger partial charge in [0.1, 0.15) is 40.4 Å². The van der Waals surface area contributed by atoms with Gasteiger partial charge in [0.2, 0.25) is 0 Å². The third kappa shape index (κ3) is 7.07. The summed E-state index contributed by atoms with van der Waals surface area (Å²) in [5.41, 5.74) is 2.09. The number of ether oxygens (including phenoxy) is 6. The van der Waals surface area contributed by atoms with Gasteiger partial charge in [0.15, 0.2) is 11.5 Å². The van der Waals surface area contributed by atoms with Gasteiger partial charge in [-0.3, -0.25) is 24.0 Å². The average molecular weight is 681 g/mol. The molecule has 2 atom stereocenters. The van der Waals surface area contributed by atoms with Gasteiger partial charge in [-0.1, -0.05) is 60.7 Å². The van der Waals surface area contributed by atoms with Crippen LogP contribution in [0.1, 0.15) is 89.9 Å². The third-order valence-electron chi connectivity index (χ3n) is 8.11. The van der Waals surface area contributed by atoms with E-state index in [0.29, 0.717) is 16.7 Å². The fourth-order valence-electron chi connectivity index (χ4n) is 6.18. The quantitative estimate of drug-likeness (QED) is 0.104. The van der Waals surface area contributed by atoms with E-state index in [1.807, 2.05) is 30.3 Å². The second kappa shape index (κ2) is 14.7. The Bertz CT molecular complexity index is 2000. The summed E-state index contributed by atoms with van der Waals surface area (Å²) in [5, 5.41) is 0. The molecule has 0 amide bonds. The lowest BCUT2D eigenvalue weighted by atomic mass is 9.79. The molecule has 0 fully saturated rings. The SMILES string of the molecule is COc1cc(OC(C)=O)c(C(c2ccccc2)c2c(OC(C)=O)c(C)c(OC(C)=O)c3c2OC(c2ccccc2)CC3=O)c(OC(C)=O)c1C. The van der Waals surface area contributed by atoms with Crippen LogP contribution in [0.2, 0.25) is 0 Å². The van der Waals surface area contributed by atoms with E-state index in [2.05, 4.69) is 0 Å². The smallest absolute Gasteiger partial charge is 0.308 e. The van der Waals surface area contributed by atoms with Crippen LogP contribution in [0.25, 0.3) is 0 Å². The first-order valence-corrected chi connectivity index (χ1v) is 15.8. The van der Waals surface area contributed by atoms with Gasteiger partial charge in [-0.2, -0.15) is 0 Å². The summed E-state index contributed by atoms with van der Waals surface area (Å²) in [7, 11) is 1.42. The number of hydrogen-bond acceptors (Lipinski definition) is 11. The van der Waals surface area contributed by atoms with Crippen molar-refractivity contribution in [3.8, 4) is 34.5 Å². The highest BCUT2D eigenvalue weighted by Crippen LogP contribution is 2.57. The molecular formula is C39H36O11. The van der Waals surface area contributed by atoms with E-state index < -0.39 is 41.7 Å². The van der Waals surface area contributed by atoms with Crippen LogP contribution in [0.15, 0.2) is 66.7 Å². The molecule has 0 saturated carbocycles. The van der Waals surface area contributed by atoms with Gasteiger partial charge in [-0.15, -0.1) is 0 Å². The topological polar surface area (TPSA) is 141 Å². The zero-order chi connectivity index (χ0) is 36.3. The van der Waals surface area contributed by atoms with Gasteiger partial charge in [-0.25, -0.2) is 0 Å². The molecule has 4 aromatic carbocycles. The number of Topliss-reactive ketones (excluding diaryl/α,β-unsaturated/α-hetero) is 1. The zero-order valence-corrected chi connectivity index (χ0v) is 28.7. The number of carbonyl (C=O) groups excluding carboxylic acids is 5. The lowest BCUT2D eigenvalue weighted by Gasteiger charge is -2.34. The molecular weight excluding hydrogens is 644 g/mol. The number of ketones is 1. The number of rotatable bonds is 9. The van der Waals surface area contributed by atoms with E-state index in [1.165, 1.54) is 40.9 Å². The Morgan fingerprint density at radius 2 is 1.20 bits per heavy atom. The highest BCUT2D eigenvalue weighted by atomic mass is 16.6. The van der Waals surface area contributed by atoms with E-state index in [-0.39, 0.29) is 63.2 Å². The van der Waals surface area contributed by atoms with E-state index >= 15 is 0 Å². The van der Waals surface area contributed by atoms with Crippen molar-refractivity contribution in [1.29, 1.82) is 0 Å². The molecule has 0 bridgehead atoms. The van der Waals surface area contributed by atoms with Gasteiger partial charge in [0.05, 0.1) is 24.7 Å². The molecule has 0 saturated heterocycles. The van der Waals surface area contributed by atoms with Crippen LogP contribution in [-0.4, -0.2) is 36.8 Å². The van der Waals surface area contributed by atoms with Crippen LogP contribution in [0, 0.1) is 13.8 Å². The molecule has 0 aliphatic carbocycles. The average Bonchev–Trinajstić information content (AvgIpc) is 3.06. The predicted octanol–water partition coefficient (Wildman–Crippen LogP) is 6.90. The minimum Gasteiger partial charge on any atom is -0.496 e. The molecule has 258 valence electrons. The van der Waals surface area contributed by atoms with Crippen molar-refractivity contribution in [2.45, 2.75) is 60.0 Å². The summed E-state index contributed by atoms with van der Waals surface area (Å²) in [6.07, 6.45) is -0.880. The van der Waals surface area contributed by atoms with E-state index in [4.69, 9.17) is 28.4 Å². The molecule has 4 aromatic rings. The molecule has 11 nitrogen and oxygen atoms in total. The molecule has 0 aromatic heterocycles. The van der Waals surface area contributed by atoms with Crippen LogP contribution in [0.4, 0.5) is 0 Å². The number of methoxy groups -OCH3 is 1. The summed E-state index contributed by atoms with van der Waals surface area (Å²) in [6, 6.07) is 19.5. The largest absolute Gasteiger partial charge is 0.496 e. The van der Waals surface area contributed by atoms with Gasteiger partial charge in [0.25, 0.3) is 0 Å². The highest BCUT2D eigenvalue weighted by Gasteiger charge is 2.42. The molecule has 50 heavy (non-hydrogen) atoms. The van der Waals surface area contributed by atoms with Gasteiger partial charge >= 0.3 is 23.9 Å². The van der Waals surface area contributed by atoms with Crippen molar-refractivity contribution in [3.05, 3.63) is 106 Å². The minimum atomic E-state index is -1.10. The molecule has 0 radical (unpaired) electrons. The molecule has 1 heterocycles. The minimum absolute atomic E-state index is 0.00735. The van der Waals surface area contributed by atoms with Gasteiger partial charge in [0, 0.05) is 50.8 Å². The Labute approximate surface area is 289 Å². The van der Waals surface area contributed by atoms with Gasteiger partial charge in [-0.05, 0) is 25.0 Å². The standard InChI is InChI=1S/C39H36O11/c1-20-29(45-7)19-31(46-22(3)40)34(36(20)47-23(4)41)32(27-16-12-9-13-17-27)35-38(49-25(6)43)21(2)37(48-24(5)42)33-28(44)18-30(50-39(33)35)26-14-10-8-11-15-26/h8-17,19,30,32H,18H2,1-7H3. The number of hydrogen-bond donors (Lipinski definition) is 0. The fourth-order valence-corrected chi connectivity index (χ4v) is 6.18. The maximum absolute atomic E-state index is 14.2. The Hall–Kier alpha value is -5.97. The molecule has 2 unspecified atom stereocenters. The lowest BCUT2D eigenvalue weighted by Crippen LogP contribution is -2.26. The third-order valence-corrected chi connectivity index (χ3v) is 8.11. The van der Waals surface area contributed by atoms with Crippen LogP contribution < -0.4 is 28.4 Å². The fraction of sp³-hybridized carbons (Fsp3) is 0.256. The molecule has 5 rings (SSSR count). The number of esters is 4. The lowest BCUT2D eigenvalue weighted by molar-refractivity contribution is -0.133. The molecule has 1 aliphatic rings. The summed E-state index contributed by atoms with van der Waals surface area (Å²) in [4.78, 5) is 64.8. The molecule has 0 spiro atoms. The Morgan fingerprint density at radius 3 is 1.74 bits per heavy atom. The second-order valence-corrected chi connectivity index (χ2v) is 11.7. The maximum Gasteiger partial charge on any atom is 0.308 e. The van der Waals surface area contributed by atoms with E-state index in [1.54, 1.807) is 44.2 Å². The first-order chi connectivity index (χ1) is 23.8. The summed E-state index contributed by atoms with van der Waals surface area (Å²) < 4.78 is 35.5. The summed E-state index contributed by atoms with van der Waals surface area (Å²) >= 11 is 0. The van der Waals surface area contributed by atoms with Crippen molar-refractivity contribution in [3.63, 3.8) is 0 Å². The van der Waals surface area contributed by atoms with Crippen molar-refractivity contribution < 1.29 is 52.4 Å². The van der Waals surface area contributed by atoms with Crippen LogP contribution >= 0.6 is 0 Å². The van der Waals surface area contributed by atoms with Crippen LogP contribution in [0.3, 0.4) is 0 Å². The Morgan fingerprint density at radius 1 is 0.680 bits per heavy atom. The van der Waals surface area contributed by atoms with Crippen molar-refractivity contribution in [1.82, 2.24) is 0 Å². The Balaban J connectivity index is 2.02. The predicted molar refractivity (Wildman–Crippen MR) is 180 cm³/mol. The van der Waals surface area contributed by atoms with Crippen molar-refractivity contribution in [2.24, 2.45) is 0 Å². The normalized spacial score (nSPS) is 14.1. The van der Waals surface area contributed by atoms with Crippen molar-refractivity contribution in [2.75, 3.05) is 7.11 Å². The van der Waals surface area contributed by atoms with E-state index in [9.17, 15) is 24.0 Å². The highest BCUT2D eigenvalue weighted by molar-refractivity contribution is 6.05. The van der Waals surface area contributed by atoms with Crippen LogP contribution in [-0.2, 0) is 19.2 Å². The first-order valence-electron chi connectivity index (χ1n) is 15.8. The zero-order valence-electron chi connectivity index (χ0n) is 28.7. The maximum atomic E-state index is 14.2. The van der Waals surface area contributed by atoms with Crippen LogP contribution in [0.5, 0.6) is 34.5 Å². The molecule has 1 aliphatic heterocycles. The monoisotopic (exact) mass is 680 g/mol. The molecule has 11 heteroatoms. The number of benzene rings is 4. The van der Waals surface area contributed by atoms with Crippen molar-refractivity contribution >= 4 is 29.7 Å². The summed E-state index contributed by atoms with van der Waals surface area (Å²) in [6.45, 7) is 8.06. The van der Waals surface area contributed by atoms with E-state index in [0.717, 1.165) is 0 Å².